The van der Waals surface area contributed by atoms with Gasteiger partial charge in [-0.25, -0.2) is 9.18 Å². The molecule has 0 N–H and O–H groups in total. The number of allylic oxidation sites excluding steroid dienone is 3. The van der Waals surface area contributed by atoms with Gasteiger partial charge in [0.2, 0.25) is 0 Å². The van der Waals surface area contributed by atoms with Gasteiger partial charge in [-0.05, 0) is 22.4 Å². The molecule has 0 fully saturated rings. The van der Waals surface area contributed by atoms with Crippen LogP contribution >= 0.6 is 15.9 Å². The molecular weight excluding hydrogens is 239 g/mol. The Morgan fingerprint density at radius 1 is 1.69 bits per heavy atom. The van der Waals surface area contributed by atoms with E-state index < -0.39 is 11.1 Å². The second-order valence-corrected chi connectivity index (χ2v) is 3.54. The van der Waals surface area contributed by atoms with Crippen molar-refractivity contribution in [3.05, 3.63) is 24.3 Å². The van der Waals surface area contributed by atoms with Crippen molar-refractivity contribution in [3.63, 3.8) is 0 Å². The maximum atomic E-state index is 12.3. The average molecular weight is 249 g/mol. The summed E-state index contributed by atoms with van der Waals surface area (Å²) in [6.45, 7) is 0.242. The first kappa shape index (κ1) is 10.4. The number of hydrogen-bond acceptors (Lipinski definition) is 2. The molecule has 0 saturated carbocycles. The molecule has 0 aliphatic heterocycles. The van der Waals surface area contributed by atoms with Crippen LogP contribution in [0.5, 0.6) is 0 Å². The predicted octanol–water partition coefficient (Wildman–Crippen LogP) is 2.35. The van der Waals surface area contributed by atoms with Crippen LogP contribution in [0, 0.1) is 5.92 Å². The fourth-order valence-corrected chi connectivity index (χ4v) is 1.14. The van der Waals surface area contributed by atoms with Crippen molar-refractivity contribution in [1.82, 2.24) is 0 Å². The molecule has 2 atom stereocenters. The highest BCUT2D eigenvalue weighted by Gasteiger charge is 2.16. The SMILES string of the molecule is O=C(OCC1C=CC=CC1)[C@H](F)Br. The first-order chi connectivity index (χ1) is 6.20. The van der Waals surface area contributed by atoms with Gasteiger partial charge in [-0.1, -0.05) is 24.3 Å². The highest BCUT2D eigenvalue weighted by molar-refractivity contribution is 9.09. The van der Waals surface area contributed by atoms with Crippen LogP contribution < -0.4 is 0 Å². The van der Waals surface area contributed by atoms with Crippen molar-refractivity contribution in [3.8, 4) is 0 Å². The third-order valence-corrected chi connectivity index (χ3v) is 2.06. The van der Waals surface area contributed by atoms with Crippen molar-refractivity contribution in [2.75, 3.05) is 6.61 Å². The minimum atomic E-state index is -1.71. The van der Waals surface area contributed by atoms with Gasteiger partial charge < -0.3 is 4.74 Å². The summed E-state index contributed by atoms with van der Waals surface area (Å²) in [6.07, 6.45) is 8.58. The van der Waals surface area contributed by atoms with Crippen LogP contribution in [0.15, 0.2) is 24.3 Å². The zero-order valence-corrected chi connectivity index (χ0v) is 8.54. The minimum Gasteiger partial charge on any atom is -0.462 e. The first-order valence-electron chi connectivity index (χ1n) is 3.98. The van der Waals surface area contributed by atoms with E-state index in [0.717, 1.165) is 6.42 Å². The van der Waals surface area contributed by atoms with Crippen molar-refractivity contribution >= 4 is 21.9 Å². The molecular formula is C9H10BrFO2. The lowest BCUT2D eigenvalue weighted by Gasteiger charge is -2.12. The molecule has 0 heterocycles. The lowest BCUT2D eigenvalue weighted by Crippen LogP contribution is -2.17. The Kier molecular flexibility index (Phi) is 4.15. The van der Waals surface area contributed by atoms with Crippen molar-refractivity contribution in [2.45, 2.75) is 11.5 Å². The number of halogens is 2. The monoisotopic (exact) mass is 248 g/mol. The summed E-state index contributed by atoms with van der Waals surface area (Å²) in [7, 11) is 0. The Morgan fingerprint density at radius 2 is 2.46 bits per heavy atom. The summed E-state index contributed by atoms with van der Waals surface area (Å²) in [6, 6.07) is 0. The van der Waals surface area contributed by atoms with Gasteiger partial charge in [-0.2, -0.15) is 0 Å². The third-order valence-electron chi connectivity index (χ3n) is 1.69. The molecule has 2 nitrogen and oxygen atoms in total. The Labute approximate surface area is 84.6 Å². The van der Waals surface area contributed by atoms with Crippen LogP contribution in [-0.4, -0.2) is 17.7 Å². The minimum absolute atomic E-state index is 0.181. The molecule has 4 heteroatoms. The van der Waals surface area contributed by atoms with Crippen LogP contribution in [0.1, 0.15) is 6.42 Å². The fourth-order valence-electron chi connectivity index (χ4n) is 1.01. The molecule has 1 aliphatic carbocycles. The van der Waals surface area contributed by atoms with Crippen LogP contribution in [0.2, 0.25) is 0 Å². The summed E-state index contributed by atoms with van der Waals surface area (Å²) in [5.74, 6) is -0.678. The van der Waals surface area contributed by atoms with Gasteiger partial charge in [0.15, 0.2) is 0 Å². The highest BCUT2D eigenvalue weighted by Crippen LogP contribution is 2.13. The quantitative estimate of drug-likeness (QED) is 0.566. The number of hydrogen-bond donors (Lipinski definition) is 0. The van der Waals surface area contributed by atoms with E-state index in [0.29, 0.717) is 0 Å². The van der Waals surface area contributed by atoms with E-state index >= 15 is 0 Å². The standard InChI is InChI=1S/C9H10BrFO2/c10-8(11)9(12)13-6-7-4-2-1-3-5-7/h1-4,7-8H,5-6H2/t7?,8-/m0/s1. The molecule has 0 amide bonds. The summed E-state index contributed by atoms with van der Waals surface area (Å²) >= 11 is 2.49. The normalized spacial score (nSPS) is 22.8. The number of rotatable bonds is 3. The second-order valence-electron chi connectivity index (χ2n) is 2.74. The van der Waals surface area contributed by atoms with Gasteiger partial charge in [0.25, 0.3) is 5.08 Å². The maximum absolute atomic E-state index is 12.3. The van der Waals surface area contributed by atoms with Gasteiger partial charge >= 0.3 is 5.97 Å². The zero-order chi connectivity index (χ0) is 9.68. The van der Waals surface area contributed by atoms with Gasteiger partial charge in [0, 0.05) is 5.92 Å². The topological polar surface area (TPSA) is 26.3 Å². The van der Waals surface area contributed by atoms with E-state index in [1.54, 1.807) is 0 Å². The number of alkyl halides is 2. The Bertz CT molecular complexity index is 236. The molecule has 0 aromatic carbocycles. The number of esters is 1. The average Bonchev–Trinajstić information content (AvgIpc) is 2.15. The Morgan fingerprint density at radius 3 is 3.00 bits per heavy atom. The molecule has 0 saturated heterocycles. The molecule has 0 aromatic rings. The third kappa shape index (κ3) is 3.72. The molecule has 0 bridgehead atoms. The summed E-state index contributed by atoms with van der Waals surface area (Å²) in [5.41, 5.74) is 0. The van der Waals surface area contributed by atoms with Gasteiger partial charge in [-0.3, -0.25) is 0 Å². The second kappa shape index (κ2) is 5.17. The molecule has 72 valence electrons. The van der Waals surface area contributed by atoms with E-state index in [1.807, 2.05) is 24.3 Å². The Balaban J connectivity index is 2.23. The number of ether oxygens (including phenoxy) is 1. The maximum Gasteiger partial charge on any atom is 0.352 e. The van der Waals surface area contributed by atoms with Crippen LogP contribution in [0.25, 0.3) is 0 Å². The number of carbonyl (C=O) groups excluding carboxylic acids is 1. The van der Waals surface area contributed by atoms with Crippen molar-refractivity contribution < 1.29 is 13.9 Å². The Hall–Kier alpha value is -0.640. The smallest absolute Gasteiger partial charge is 0.352 e. The van der Waals surface area contributed by atoms with Crippen molar-refractivity contribution in [2.24, 2.45) is 5.92 Å². The highest BCUT2D eigenvalue weighted by atomic mass is 79.9. The zero-order valence-electron chi connectivity index (χ0n) is 6.95. The van der Waals surface area contributed by atoms with E-state index in [4.69, 9.17) is 4.74 Å². The molecule has 0 aromatic heterocycles. The lowest BCUT2D eigenvalue weighted by atomic mass is 10.0. The van der Waals surface area contributed by atoms with Crippen LogP contribution in [0.3, 0.4) is 0 Å². The molecule has 13 heavy (non-hydrogen) atoms. The first-order valence-corrected chi connectivity index (χ1v) is 4.90. The summed E-state index contributed by atoms with van der Waals surface area (Å²) in [4.78, 5) is 10.7. The van der Waals surface area contributed by atoms with Crippen molar-refractivity contribution in [1.29, 1.82) is 0 Å². The van der Waals surface area contributed by atoms with E-state index in [9.17, 15) is 9.18 Å². The van der Waals surface area contributed by atoms with Gasteiger partial charge in [-0.15, -0.1) is 0 Å². The predicted molar refractivity (Wildman–Crippen MR) is 51.2 cm³/mol. The van der Waals surface area contributed by atoms with E-state index in [2.05, 4.69) is 15.9 Å². The van der Waals surface area contributed by atoms with E-state index in [-0.39, 0.29) is 12.5 Å². The summed E-state index contributed by atoms with van der Waals surface area (Å²) in [5, 5.41) is -1.71. The number of carbonyl (C=O) groups is 1. The largest absolute Gasteiger partial charge is 0.462 e. The van der Waals surface area contributed by atoms with Crippen LogP contribution in [0.4, 0.5) is 4.39 Å². The summed E-state index contributed by atoms with van der Waals surface area (Å²) < 4.78 is 17.0. The molecule has 1 aliphatic rings. The molecule has 1 rings (SSSR count). The fraction of sp³-hybridized carbons (Fsp3) is 0.444. The molecule has 0 radical (unpaired) electrons. The molecule has 0 spiro atoms. The molecule has 1 unspecified atom stereocenters. The van der Waals surface area contributed by atoms with Gasteiger partial charge in [0.05, 0.1) is 6.61 Å². The lowest BCUT2D eigenvalue weighted by molar-refractivity contribution is -0.146. The van der Waals surface area contributed by atoms with E-state index in [1.165, 1.54) is 0 Å². The van der Waals surface area contributed by atoms with Crippen LogP contribution in [-0.2, 0) is 9.53 Å². The van der Waals surface area contributed by atoms with Gasteiger partial charge in [0.1, 0.15) is 0 Å².